The van der Waals surface area contributed by atoms with Gasteiger partial charge in [-0.05, 0) is 19.4 Å². The van der Waals surface area contributed by atoms with Crippen LogP contribution in [0, 0.1) is 0 Å². The van der Waals surface area contributed by atoms with Gasteiger partial charge in [-0.25, -0.2) is 13.1 Å². The maximum atomic E-state index is 11.8. The zero-order valence-corrected chi connectivity index (χ0v) is 10.3. The van der Waals surface area contributed by atoms with Crippen molar-refractivity contribution in [3.05, 3.63) is 0 Å². The predicted octanol–water partition coefficient (Wildman–Crippen LogP) is -1.21. The second kappa shape index (κ2) is 6.17. The lowest BCUT2D eigenvalue weighted by atomic mass is 10.2. The first kappa shape index (κ1) is 13.4. The quantitative estimate of drug-likeness (QED) is 0.534. The molecule has 1 amide bonds. The summed E-state index contributed by atoms with van der Waals surface area (Å²) in [5, 5.41) is 5.25. The summed E-state index contributed by atoms with van der Waals surface area (Å²) in [5.41, 5.74) is 0. The summed E-state index contributed by atoms with van der Waals surface area (Å²) in [6.45, 7) is 3.38. The van der Waals surface area contributed by atoms with E-state index in [9.17, 15) is 13.2 Å². The van der Waals surface area contributed by atoms with Gasteiger partial charge in [-0.1, -0.05) is 0 Å². The van der Waals surface area contributed by atoms with Gasteiger partial charge in [0.2, 0.25) is 15.9 Å². The number of piperidine rings is 1. The number of hydrogen-bond donors (Lipinski definition) is 3. The molecular formula is C9H19N3O3S. The average Bonchev–Trinajstić information content (AvgIpc) is 2.26. The molecule has 1 saturated heterocycles. The van der Waals surface area contributed by atoms with E-state index in [4.69, 9.17) is 0 Å². The number of amides is 1. The van der Waals surface area contributed by atoms with Crippen LogP contribution in [0.4, 0.5) is 0 Å². The summed E-state index contributed by atoms with van der Waals surface area (Å²) in [6.07, 6.45) is 1.58. The summed E-state index contributed by atoms with van der Waals surface area (Å²) in [6, 6.07) is 0. The Bertz CT molecular complexity index is 323. The molecule has 0 bridgehead atoms. The maximum Gasteiger partial charge on any atom is 0.216 e. The highest BCUT2D eigenvalue weighted by Crippen LogP contribution is 2.09. The number of hydrogen-bond acceptors (Lipinski definition) is 4. The smallest absolute Gasteiger partial charge is 0.216 e. The second-order valence-electron chi connectivity index (χ2n) is 3.89. The molecule has 0 aromatic rings. The molecule has 1 heterocycles. The fourth-order valence-electron chi connectivity index (χ4n) is 1.63. The Balaban J connectivity index is 2.30. The van der Waals surface area contributed by atoms with Crippen LogP contribution in [0.25, 0.3) is 0 Å². The van der Waals surface area contributed by atoms with Crippen LogP contribution in [0.5, 0.6) is 0 Å². The minimum absolute atomic E-state index is 0.154. The molecule has 1 unspecified atom stereocenters. The minimum Gasteiger partial charge on any atom is -0.355 e. The number of rotatable bonds is 5. The Kier molecular flexibility index (Phi) is 5.17. The van der Waals surface area contributed by atoms with Gasteiger partial charge in [0.1, 0.15) is 0 Å². The van der Waals surface area contributed by atoms with E-state index in [1.165, 1.54) is 6.92 Å². The normalized spacial score (nSPS) is 21.7. The first-order chi connectivity index (χ1) is 7.52. The molecule has 1 atom stereocenters. The van der Waals surface area contributed by atoms with Crippen molar-refractivity contribution in [1.82, 2.24) is 15.4 Å². The predicted molar refractivity (Wildman–Crippen MR) is 61.5 cm³/mol. The molecular weight excluding hydrogens is 230 g/mol. The van der Waals surface area contributed by atoms with Crippen molar-refractivity contribution in [2.75, 3.05) is 26.2 Å². The summed E-state index contributed by atoms with van der Waals surface area (Å²) in [7, 11) is -3.25. The molecule has 0 saturated carbocycles. The summed E-state index contributed by atoms with van der Waals surface area (Å²) in [5.74, 6) is -0.154. The van der Waals surface area contributed by atoms with Gasteiger partial charge >= 0.3 is 0 Å². The molecule has 0 aromatic carbocycles. The molecule has 0 radical (unpaired) electrons. The van der Waals surface area contributed by atoms with Crippen LogP contribution in [-0.2, 0) is 14.8 Å². The Morgan fingerprint density at radius 3 is 2.75 bits per heavy atom. The van der Waals surface area contributed by atoms with E-state index < -0.39 is 10.0 Å². The molecule has 16 heavy (non-hydrogen) atoms. The van der Waals surface area contributed by atoms with E-state index in [1.807, 2.05) is 0 Å². The highest BCUT2D eigenvalue weighted by molar-refractivity contribution is 7.90. The third kappa shape index (κ3) is 4.46. The summed E-state index contributed by atoms with van der Waals surface area (Å²) in [4.78, 5) is 10.6. The lowest BCUT2D eigenvalue weighted by Gasteiger charge is -2.22. The first-order valence-electron chi connectivity index (χ1n) is 5.46. The van der Waals surface area contributed by atoms with Gasteiger partial charge in [0, 0.05) is 26.6 Å². The van der Waals surface area contributed by atoms with Gasteiger partial charge in [-0.15, -0.1) is 0 Å². The Morgan fingerprint density at radius 1 is 1.44 bits per heavy atom. The second-order valence-corrected chi connectivity index (χ2v) is 5.94. The van der Waals surface area contributed by atoms with Crippen molar-refractivity contribution >= 4 is 15.9 Å². The Morgan fingerprint density at radius 2 is 2.19 bits per heavy atom. The molecule has 0 aromatic heterocycles. The van der Waals surface area contributed by atoms with Crippen LogP contribution in [0.15, 0.2) is 0 Å². The van der Waals surface area contributed by atoms with E-state index in [2.05, 4.69) is 15.4 Å². The van der Waals surface area contributed by atoms with Crippen LogP contribution in [0.2, 0.25) is 0 Å². The molecule has 0 spiro atoms. The van der Waals surface area contributed by atoms with Crippen LogP contribution in [-0.4, -0.2) is 45.8 Å². The molecule has 3 N–H and O–H groups in total. The van der Waals surface area contributed by atoms with E-state index >= 15 is 0 Å². The summed E-state index contributed by atoms with van der Waals surface area (Å²) < 4.78 is 26.0. The maximum absolute atomic E-state index is 11.8. The molecule has 1 rings (SSSR count). The van der Waals surface area contributed by atoms with Gasteiger partial charge in [0.05, 0.1) is 5.25 Å². The molecule has 1 aliphatic rings. The van der Waals surface area contributed by atoms with Crippen LogP contribution < -0.4 is 15.4 Å². The van der Waals surface area contributed by atoms with Crippen LogP contribution in [0.1, 0.15) is 19.8 Å². The van der Waals surface area contributed by atoms with Gasteiger partial charge in [-0.2, -0.15) is 0 Å². The zero-order valence-electron chi connectivity index (χ0n) is 9.45. The van der Waals surface area contributed by atoms with Crippen molar-refractivity contribution in [3.8, 4) is 0 Å². The molecule has 1 aliphatic heterocycles. The largest absolute Gasteiger partial charge is 0.355 e. The van der Waals surface area contributed by atoms with Crippen molar-refractivity contribution in [3.63, 3.8) is 0 Å². The fraction of sp³-hybridized carbons (Fsp3) is 0.889. The Labute approximate surface area is 96.2 Å². The number of carbonyl (C=O) groups is 1. The highest BCUT2D eigenvalue weighted by atomic mass is 32.2. The van der Waals surface area contributed by atoms with Crippen LogP contribution in [0.3, 0.4) is 0 Å². The lowest BCUT2D eigenvalue weighted by Crippen LogP contribution is -2.45. The number of nitrogens with one attached hydrogen (secondary N) is 3. The summed E-state index contributed by atoms with van der Waals surface area (Å²) >= 11 is 0. The lowest BCUT2D eigenvalue weighted by molar-refractivity contribution is -0.118. The average molecular weight is 249 g/mol. The van der Waals surface area contributed by atoms with Gasteiger partial charge < -0.3 is 10.6 Å². The fourth-order valence-corrected chi connectivity index (χ4v) is 3.07. The standard InChI is InChI=1S/C9H19N3O3S/c1-8(13)11-5-6-12-16(14,15)9-3-2-4-10-7-9/h9-10,12H,2-7H2,1H3,(H,11,13). The Hall–Kier alpha value is -0.660. The first-order valence-corrected chi connectivity index (χ1v) is 7.00. The molecule has 6 nitrogen and oxygen atoms in total. The number of carbonyl (C=O) groups excluding carboxylic acids is 1. The zero-order chi connectivity index (χ0) is 12.0. The molecule has 1 fully saturated rings. The monoisotopic (exact) mass is 249 g/mol. The minimum atomic E-state index is -3.25. The van der Waals surface area contributed by atoms with Gasteiger partial charge in [0.15, 0.2) is 0 Å². The topological polar surface area (TPSA) is 87.3 Å². The van der Waals surface area contributed by atoms with Crippen molar-refractivity contribution in [1.29, 1.82) is 0 Å². The molecule has 7 heteroatoms. The van der Waals surface area contributed by atoms with E-state index in [0.29, 0.717) is 19.5 Å². The molecule has 0 aliphatic carbocycles. The van der Waals surface area contributed by atoms with Crippen molar-refractivity contribution in [2.24, 2.45) is 0 Å². The molecule has 94 valence electrons. The highest BCUT2D eigenvalue weighted by Gasteiger charge is 2.26. The van der Waals surface area contributed by atoms with Gasteiger partial charge in [-0.3, -0.25) is 4.79 Å². The van der Waals surface area contributed by atoms with Crippen molar-refractivity contribution < 1.29 is 13.2 Å². The van der Waals surface area contributed by atoms with Crippen molar-refractivity contribution in [2.45, 2.75) is 25.0 Å². The van der Waals surface area contributed by atoms with E-state index in [-0.39, 0.29) is 17.7 Å². The van der Waals surface area contributed by atoms with E-state index in [1.54, 1.807) is 0 Å². The van der Waals surface area contributed by atoms with Gasteiger partial charge in [0.25, 0.3) is 0 Å². The third-order valence-corrected chi connectivity index (χ3v) is 4.38. The SMILES string of the molecule is CC(=O)NCCNS(=O)(=O)C1CCCNC1. The van der Waals surface area contributed by atoms with E-state index in [0.717, 1.165) is 13.0 Å². The third-order valence-electron chi connectivity index (χ3n) is 2.49. The number of sulfonamides is 1. The van der Waals surface area contributed by atoms with Crippen LogP contribution >= 0.6 is 0 Å².